The largest absolute Gasteiger partial charge is 0.496 e. The molecule has 4 rings (SSSR count). The summed E-state index contributed by atoms with van der Waals surface area (Å²) in [7, 11) is 1.58. The van der Waals surface area contributed by atoms with Gasteiger partial charge in [-0.1, -0.05) is 47.6 Å². The van der Waals surface area contributed by atoms with Crippen molar-refractivity contribution in [1.82, 2.24) is 5.32 Å². The Hall–Kier alpha value is -4.53. The fourth-order valence-corrected chi connectivity index (χ4v) is 4.42. The van der Waals surface area contributed by atoms with Gasteiger partial charge in [0.15, 0.2) is 5.54 Å². The average molecular weight is 530 g/mol. The third-order valence-corrected chi connectivity index (χ3v) is 6.56. The van der Waals surface area contributed by atoms with E-state index in [4.69, 9.17) is 29.8 Å². The van der Waals surface area contributed by atoms with Crippen LogP contribution in [0.25, 0.3) is 10.4 Å². The summed E-state index contributed by atoms with van der Waals surface area (Å²) in [6, 6.07) is 21.8. The van der Waals surface area contributed by atoms with Crippen LogP contribution in [0.5, 0.6) is 11.5 Å². The highest BCUT2D eigenvalue weighted by Crippen LogP contribution is 2.35. The summed E-state index contributed by atoms with van der Waals surface area (Å²) in [6.07, 6.45) is 0.0797. The van der Waals surface area contributed by atoms with E-state index < -0.39 is 11.6 Å². The van der Waals surface area contributed by atoms with Gasteiger partial charge in [0.1, 0.15) is 17.6 Å². The van der Waals surface area contributed by atoms with E-state index in [1.54, 1.807) is 31.4 Å². The molecule has 0 radical (unpaired) electrons. The molecule has 0 aliphatic carbocycles. The lowest BCUT2D eigenvalue weighted by molar-refractivity contribution is -0.128. The zero-order valence-electron chi connectivity index (χ0n) is 21.9. The normalized spacial score (nSPS) is 17.9. The van der Waals surface area contributed by atoms with Gasteiger partial charge in [0.05, 0.1) is 13.7 Å². The molecule has 0 bridgehead atoms. The van der Waals surface area contributed by atoms with E-state index in [9.17, 15) is 4.79 Å². The smallest absolute Gasteiger partial charge is 0.252 e. The van der Waals surface area contributed by atoms with Crippen LogP contribution in [0.3, 0.4) is 0 Å². The second-order valence-electron chi connectivity index (χ2n) is 9.04. The standard InChI is InChI=1S/C29H31N5O5/c1-20-29(18-22-8-3-5-10-25(22)33-34-30,28(36)31-19-23-9-4-6-11-26(23)37-2)32-27(39-20)21-12-14-24(15-13-21)38-17-7-16-35/h3-6,8-15,20,35H,7,16-19H2,1-2H3,(H,31,36)/t20-,29-/m1/s1. The molecule has 1 aliphatic rings. The topological polar surface area (TPSA) is 138 Å². The fraction of sp³-hybridized carbons (Fsp3) is 0.310. The van der Waals surface area contributed by atoms with E-state index in [0.29, 0.717) is 47.2 Å². The lowest BCUT2D eigenvalue weighted by Crippen LogP contribution is -2.52. The minimum atomic E-state index is -1.32. The molecule has 1 amide bonds. The van der Waals surface area contributed by atoms with Crippen molar-refractivity contribution in [3.63, 3.8) is 0 Å². The number of hydrogen-bond acceptors (Lipinski definition) is 7. The molecule has 0 saturated heterocycles. The maximum absolute atomic E-state index is 13.9. The van der Waals surface area contributed by atoms with Crippen LogP contribution in [-0.2, 0) is 22.5 Å². The zero-order chi connectivity index (χ0) is 27.7. The Labute approximate surface area is 226 Å². The van der Waals surface area contributed by atoms with Gasteiger partial charge in [-0.25, -0.2) is 4.99 Å². The molecule has 0 saturated carbocycles. The predicted molar refractivity (Wildman–Crippen MR) is 147 cm³/mol. The number of rotatable bonds is 12. The van der Waals surface area contributed by atoms with Gasteiger partial charge < -0.3 is 24.6 Å². The molecule has 1 aliphatic heterocycles. The average Bonchev–Trinajstić information content (AvgIpc) is 3.30. The van der Waals surface area contributed by atoms with Crippen molar-refractivity contribution in [2.24, 2.45) is 10.1 Å². The molecule has 3 aromatic rings. The Balaban J connectivity index is 1.67. The Morgan fingerprint density at radius 1 is 1.13 bits per heavy atom. The summed E-state index contributed by atoms with van der Waals surface area (Å²) in [5.74, 6) is 1.33. The highest BCUT2D eigenvalue weighted by molar-refractivity contribution is 6.01. The van der Waals surface area contributed by atoms with Gasteiger partial charge in [-0.15, -0.1) is 0 Å². The van der Waals surface area contributed by atoms with Crippen molar-refractivity contribution in [1.29, 1.82) is 0 Å². The maximum Gasteiger partial charge on any atom is 0.252 e. The Bertz CT molecular complexity index is 1370. The first-order chi connectivity index (χ1) is 19.0. The number of hydrogen-bond donors (Lipinski definition) is 2. The monoisotopic (exact) mass is 529 g/mol. The van der Waals surface area contributed by atoms with Gasteiger partial charge in [-0.3, -0.25) is 4.79 Å². The van der Waals surface area contributed by atoms with Crippen LogP contribution in [-0.4, -0.2) is 48.9 Å². The van der Waals surface area contributed by atoms with Gasteiger partial charge >= 0.3 is 0 Å². The predicted octanol–water partition coefficient (Wildman–Crippen LogP) is 4.86. The van der Waals surface area contributed by atoms with E-state index in [1.807, 2.05) is 55.5 Å². The molecule has 0 spiro atoms. The van der Waals surface area contributed by atoms with Gasteiger partial charge in [0, 0.05) is 47.7 Å². The first-order valence-corrected chi connectivity index (χ1v) is 12.6. The van der Waals surface area contributed by atoms with Crippen LogP contribution < -0.4 is 14.8 Å². The second-order valence-corrected chi connectivity index (χ2v) is 9.04. The molecule has 10 heteroatoms. The number of para-hydroxylation sites is 1. The van der Waals surface area contributed by atoms with Crippen LogP contribution in [0, 0.1) is 0 Å². The number of azide groups is 1. The number of carbonyl (C=O) groups is 1. The highest BCUT2D eigenvalue weighted by atomic mass is 16.5. The Morgan fingerprint density at radius 2 is 1.85 bits per heavy atom. The number of nitrogens with zero attached hydrogens (tertiary/aromatic N) is 4. The molecular weight excluding hydrogens is 498 g/mol. The third-order valence-electron chi connectivity index (χ3n) is 6.56. The molecule has 2 atom stereocenters. The number of ether oxygens (including phenoxy) is 3. The number of aliphatic hydroxyl groups excluding tert-OH is 1. The van der Waals surface area contributed by atoms with Crippen LogP contribution in [0.1, 0.15) is 30.0 Å². The van der Waals surface area contributed by atoms with E-state index >= 15 is 0 Å². The minimum absolute atomic E-state index is 0.0601. The van der Waals surface area contributed by atoms with E-state index in [1.165, 1.54) is 0 Å². The molecule has 0 fully saturated rings. The van der Waals surface area contributed by atoms with Crippen LogP contribution >= 0.6 is 0 Å². The zero-order valence-corrected chi connectivity index (χ0v) is 21.9. The van der Waals surface area contributed by atoms with E-state index in [2.05, 4.69) is 15.3 Å². The molecule has 0 aromatic heterocycles. The summed E-state index contributed by atoms with van der Waals surface area (Å²) in [6.45, 7) is 2.51. The molecule has 202 valence electrons. The Kier molecular flexibility index (Phi) is 9.04. The summed E-state index contributed by atoms with van der Waals surface area (Å²) in [5, 5.41) is 15.8. The van der Waals surface area contributed by atoms with Crippen molar-refractivity contribution in [3.05, 3.63) is 99.9 Å². The molecule has 10 nitrogen and oxygen atoms in total. The number of methoxy groups -OCH3 is 1. The fourth-order valence-electron chi connectivity index (χ4n) is 4.42. The Morgan fingerprint density at radius 3 is 2.56 bits per heavy atom. The molecule has 1 heterocycles. The van der Waals surface area contributed by atoms with Gasteiger partial charge in [-0.05, 0) is 48.4 Å². The van der Waals surface area contributed by atoms with Crippen molar-refractivity contribution in [2.45, 2.75) is 38.0 Å². The van der Waals surface area contributed by atoms with E-state index in [-0.39, 0.29) is 25.5 Å². The van der Waals surface area contributed by atoms with Crippen molar-refractivity contribution in [3.8, 4) is 11.5 Å². The number of benzene rings is 3. The third kappa shape index (κ3) is 6.31. The number of amides is 1. The van der Waals surface area contributed by atoms with Crippen LogP contribution in [0.2, 0.25) is 0 Å². The first kappa shape index (κ1) is 27.5. The number of aliphatic imine (C=N–C) groups is 1. The summed E-state index contributed by atoms with van der Waals surface area (Å²) < 4.78 is 17.2. The minimum Gasteiger partial charge on any atom is -0.496 e. The van der Waals surface area contributed by atoms with Crippen molar-refractivity contribution < 1.29 is 24.1 Å². The molecule has 2 N–H and O–H groups in total. The summed E-state index contributed by atoms with van der Waals surface area (Å²) in [5.41, 5.74) is 10.4. The van der Waals surface area contributed by atoms with Crippen molar-refractivity contribution in [2.75, 3.05) is 20.3 Å². The molecular formula is C29H31N5O5. The number of aliphatic hydroxyl groups is 1. The van der Waals surface area contributed by atoms with Gasteiger partial charge in [0.2, 0.25) is 5.90 Å². The first-order valence-electron chi connectivity index (χ1n) is 12.6. The second kappa shape index (κ2) is 12.8. The summed E-state index contributed by atoms with van der Waals surface area (Å²) >= 11 is 0. The lowest BCUT2D eigenvalue weighted by atomic mass is 9.85. The van der Waals surface area contributed by atoms with E-state index in [0.717, 1.165) is 5.56 Å². The molecule has 0 unspecified atom stereocenters. The van der Waals surface area contributed by atoms with Crippen LogP contribution in [0.15, 0.2) is 82.9 Å². The molecule has 39 heavy (non-hydrogen) atoms. The quantitative estimate of drug-likeness (QED) is 0.149. The summed E-state index contributed by atoms with van der Waals surface area (Å²) in [4.78, 5) is 21.7. The van der Waals surface area contributed by atoms with Crippen molar-refractivity contribution >= 4 is 17.5 Å². The number of nitrogens with one attached hydrogen (secondary N) is 1. The highest BCUT2D eigenvalue weighted by Gasteiger charge is 2.50. The SMILES string of the molecule is COc1ccccc1CNC(=O)[C@]1(Cc2ccccc2N=[N+]=[N-])N=C(c2ccc(OCCCO)cc2)O[C@@H]1C. The van der Waals surface area contributed by atoms with Crippen LogP contribution in [0.4, 0.5) is 5.69 Å². The maximum atomic E-state index is 13.9. The lowest BCUT2D eigenvalue weighted by Gasteiger charge is -2.29. The number of carbonyl (C=O) groups excluding carboxylic acids is 1. The van der Waals surface area contributed by atoms with Gasteiger partial charge in [-0.2, -0.15) is 0 Å². The molecule has 3 aromatic carbocycles. The van der Waals surface area contributed by atoms with Gasteiger partial charge in [0.25, 0.3) is 5.91 Å².